The van der Waals surface area contributed by atoms with Crippen molar-refractivity contribution in [2.75, 3.05) is 46.3 Å². The topological polar surface area (TPSA) is 27.7 Å². The molecule has 130 valence electrons. The van der Waals surface area contributed by atoms with Crippen LogP contribution in [0.2, 0.25) is 0 Å². The Morgan fingerprint density at radius 3 is 2.70 bits per heavy atom. The summed E-state index contributed by atoms with van der Waals surface area (Å²) in [5.74, 6) is 0.231. The molecule has 1 saturated heterocycles. The molecule has 0 aliphatic carbocycles. The molecule has 0 unspecified atom stereocenters. The first kappa shape index (κ1) is 18.6. The van der Waals surface area contributed by atoms with Crippen molar-refractivity contribution in [2.45, 2.75) is 19.6 Å². The molecule has 2 rings (SSSR count). The summed E-state index contributed by atoms with van der Waals surface area (Å²) in [6.45, 7) is 4.13. The third-order valence-electron chi connectivity index (χ3n) is 3.98. The smallest absolute Gasteiger partial charge is 0.387 e. The maximum Gasteiger partial charge on any atom is 0.387 e. The normalized spacial score (nSPS) is 16.9. The van der Waals surface area contributed by atoms with Gasteiger partial charge in [0.25, 0.3) is 0 Å². The van der Waals surface area contributed by atoms with Crippen LogP contribution in [-0.4, -0.2) is 62.7 Å². The molecule has 1 aromatic rings. The van der Waals surface area contributed by atoms with Crippen LogP contribution in [0.5, 0.6) is 5.75 Å². The van der Waals surface area contributed by atoms with E-state index in [1.165, 1.54) is 0 Å². The maximum absolute atomic E-state index is 12.4. The van der Waals surface area contributed by atoms with E-state index in [2.05, 4.69) is 42.8 Å². The summed E-state index contributed by atoms with van der Waals surface area (Å²) in [5.41, 5.74) is 0.735. The fourth-order valence-corrected chi connectivity index (χ4v) is 3.03. The Balaban J connectivity index is 1.70. The highest BCUT2D eigenvalue weighted by Gasteiger charge is 2.13. The van der Waals surface area contributed by atoms with Gasteiger partial charge in [0.15, 0.2) is 0 Å². The number of benzene rings is 1. The lowest BCUT2D eigenvalue weighted by Crippen LogP contribution is -2.45. The molecule has 0 amide bonds. The van der Waals surface area contributed by atoms with Crippen molar-refractivity contribution in [3.63, 3.8) is 0 Å². The molecule has 1 heterocycles. The summed E-state index contributed by atoms with van der Waals surface area (Å²) in [4.78, 5) is 4.80. The van der Waals surface area contributed by atoms with Gasteiger partial charge in [-0.1, -0.05) is 15.9 Å². The molecule has 0 atom stereocenters. The van der Waals surface area contributed by atoms with Gasteiger partial charge in [0.05, 0.1) is 0 Å². The molecular formula is C16H24BrF2N3O. The Morgan fingerprint density at radius 1 is 1.26 bits per heavy atom. The van der Waals surface area contributed by atoms with Crippen LogP contribution in [0.4, 0.5) is 8.78 Å². The van der Waals surface area contributed by atoms with E-state index in [9.17, 15) is 8.78 Å². The Labute approximate surface area is 144 Å². The number of halogens is 3. The van der Waals surface area contributed by atoms with Crippen molar-refractivity contribution in [3.8, 4) is 5.75 Å². The van der Waals surface area contributed by atoms with E-state index in [0.717, 1.165) is 55.7 Å². The van der Waals surface area contributed by atoms with Crippen LogP contribution in [0, 0.1) is 0 Å². The van der Waals surface area contributed by atoms with E-state index in [0.29, 0.717) is 6.54 Å². The van der Waals surface area contributed by atoms with Gasteiger partial charge in [0.1, 0.15) is 5.75 Å². The lowest BCUT2D eigenvalue weighted by Gasteiger charge is -2.32. The molecular weight excluding hydrogens is 368 g/mol. The van der Waals surface area contributed by atoms with E-state index >= 15 is 0 Å². The van der Waals surface area contributed by atoms with Gasteiger partial charge in [-0.05, 0) is 44.8 Å². The van der Waals surface area contributed by atoms with E-state index in [1.54, 1.807) is 12.1 Å². The number of hydrogen-bond donors (Lipinski definition) is 1. The number of nitrogens with one attached hydrogen (secondary N) is 1. The average Bonchev–Trinajstić information content (AvgIpc) is 2.51. The zero-order valence-electron chi connectivity index (χ0n) is 13.4. The Bertz CT molecular complexity index is 482. The summed E-state index contributed by atoms with van der Waals surface area (Å²) in [5, 5.41) is 3.31. The highest BCUT2D eigenvalue weighted by atomic mass is 79.9. The van der Waals surface area contributed by atoms with Crippen LogP contribution in [0.15, 0.2) is 22.7 Å². The minimum Gasteiger partial charge on any atom is -0.434 e. The van der Waals surface area contributed by atoms with Crippen LogP contribution in [-0.2, 0) is 6.54 Å². The minimum absolute atomic E-state index is 0.231. The molecule has 1 fully saturated rings. The van der Waals surface area contributed by atoms with Crippen molar-refractivity contribution in [2.24, 2.45) is 0 Å². The van der Waals surface area contributed by atoms with Gasteiger partial charge in [-0.15, -0.1) is 0 Å². The average molecular weight is 392 g/mol. The van der Waals surface area contributed by atoms with E-state index in [-0.39, 0.29) is 5.75 Å². The summed E-state index contributed by atoms with van der Waals surface area (Å²) in [6.07, 6.45) is 1.04. The fraction of sp³-hybridized carbons (Fsp3) is 0.625. The Morgan fingerprint density at radius 2 is 2.00 bits per heavy atom. The van der Waals surface area contributed by atoms with E-state index in [4.69, 9.17) is 0 Å². The predicted octanol–water partition coefficient (Wildman–Crippen LogP) is 2.78. The van der Waals surface area contributed by atoms with Crippen LogP contribution >= 0.6 is 15.9 Å². The van der Waals surface area contributed by atoms with Crippen molar-refractivity contribution >= 4 is 15.9 Å². The van der Waals surface area contributed by atoms with Crippen molar-refractivity contribution in [3.05, 3.63) is 28.2 Å². The maximum atomic E-state index is 12.4. The fourth-order valence-electron chi connectivity index (χ4n) is 2.62. The first-order valence-electron chi connectivity index (χ1n) is 7.89. The quantitative estimate of drug-likeness (QED) is 0.689. The number of piperazine rings is 1. The van der Waals surface area contributed by atoms with Crippen LogP contribution in [0.25, 0.3) is 0 Å². The Kier molecular flexibility index (Phi) is 7.69. The van der Waals surface area contributed by atoms with Gasteiger partial charge < -0.3 is 19.9 Å². The van der Waals surface area contributed by atoms with Crippen molar-refractivity contribution in [1.29, 1.82) is 0 Å². The molecule has 0 bridgehead atoms. The molecule has 1 aliphatic heterocycles. The van der Waals surface area contributed by atoms with Crippen LogP contribution in [0.3, 0.4) is 0 Å². The first-order chi connectivity index (χ1) is 11.0. The van der Waals surface area contributed by atoms with Gasteiger partial charge in [-0.2, -0.15) is 8.78 Å². The highest BCUT2D eigenvalue weighted by Crippen LogP contribution is 2.24. The molecule has 1 aromatic carbocycles. The summed E-state index contributed by atoms with van der Waals surface area (Å²) in [7, 11) is 2.15. The molecule has 4 nitrogen and oxygen atoms in total. The molecule has 7 heteroatoms. The van der Waals surface area contributed by atoms with E-state index < -0.39 is 6.61 Å². The SMILES string of the molecule is CN1CCN(CCCNCc2cc(Br)ccc2OC(F)F)CC1. The second-order valence-corrected chi connectivity index (χ2v) is 6.72. The van der Waals surface area contributed by atoms with Gasteiger partial charge in [0.2, 0.25) is 0 Å². The predicted molar refractivity (Wildman–Crippen MR) is 91.0 cm³/mol. The number of nitrogens with zero attached hydrogens (tertiary/aromatic N) is 2. The van der Waals surface area contributed by atoms with Gasteiger partial charge in [0, 0.05) is 42.8 Å². The second kappa shape index (κ2) is 9.52. The van der Waals surface area contributed by atoms with Crippen LogP contribution in [0.1, 0.15) is 12.0 Å². The lowest BCUT2D eigenvalue weighted by atomic mass is 10.2. The summed E-state index contributed by atoms with van der Waals surface area (Å²) >= 11 is 3.36. The number of ether oxygens (including phenoxy) is 1. The third-order valence-corrected chi connectivity index (χ3v) is 4.47. The van der Waals surface area contributed by atoms with Crippen molar-refractivity contribution < 1.29 is 13.5 Å². The van der Waals surface area contributed by atoms with Gasteiger partial charge >= 0.3 is 6.61 Å². The third kappa shape index (κ3) is 6.71. The molecule has 0 aromatic heterocycles. The first-order valence-corrected chi connectivity index (χ1v) is 8.69. The lowest BCUT2D eigenvalue weighted by molar-refractivity contribution is -0.0505. The Hall–Kier alpha value is -0.760. The number of alkyl halides is 2. The second-order valence-electron chi connectivity index (χ2n) is 5.81. The van der Waals surface area contributed by atoms with Crippen molar-refractivity contribution in [1.82, 2.24) is 15.1 Å². The number of hydrogen-bond acceptors (Lipinski definition) is 4. The number of rotatable bonds is 8. The minimum atomic E-state index is -2.80. The largest absolute Gasteiger partial charge is 0.434 e. The zero-order valence-corrected chi connectivity index (χ0v) is 15.0. The monoisotopic (exact) mass is 391 g/mol. The molecule has 1 aliphatic rings. The summed E-state index contributed by atoms with van der Waals surface area (Å²) < 4.78 is 30.2. The highest BCUT2D eigenvalue weighted by molar-refractivity contribution is 9.10. The summed E-state index contributed by atoms with van der Waals surface area (Å²) in [6, 6.07) is 5.08. The standard InChI is InChI=1S/C16H24BrF2N3O/c1-21-7-9-22(10-8-21)6-2-5-20-12-13-11-14(17)3-4-15(13)23-16(18)19/h3-4,11,16,20H,2,5-10,12H2,1H3. The number of likely N-dealkylation sites (N-methyl/N-ethyl adjacent to an activating group) is 1. The molecule has 0 saturated carbocycles. The van der Waals surface area contributed by atoms with Crippen LogP contribution < -0.4 is 10.1 Å². The molecule has 23 heavy (non-hydrogen) atoms. The van der Waals surface area contributed by atoms with Gasteiger partial charge in [-0.25, -0.2) is 0 Å². The van der Waals surface area contributed by atoms with E-state index in [1.807, 2.05) is 6.07 Å². The van der Waals surface area contributed by atoms with Gasteiger partial charge in [-0.3, -0.25) is 0 Å². The molecule has 0 radical (unpaired) electrons. The molecule has 1 N–H and O–H groups in total. The zero-order chi connectivity index (χ0) is 16.7. The molecule has 0 spiro atoms.